The Morgan fingerprint density at radius 3 is 2.52 bits per heavy atom. The van der Waals surface area contributed by atoms with Gasteiger partial charge in [-0.25, -0.2) is 4.98 Å². The summed E-state index contributed by atoms with van der Waals surface area (Å²) in [5.41, 5.74) is 10.0. The number of carbonyl (C=O) groups is 1. The maximum atomic E-state index is 11.1. The van der Waals surface area contributed by atoms with Gasteiger partial charge >= 0.3 is 0 Å². The molecule has 0 aliphatic carbocycles. The van der Waals surface area contributed by atoms with E-state index in [0.717, 1.165) is 23.4 Å². The van der Waals surface area contributed by atoms with Gasteiger partial charge in [0.25, 0.3) is 0 Å². The molecule has 5 nitrogen and oxygen atoms in total. The second kappa shape index (κ2) is 8.30. The molecular formula is C21H18N4OS. The van der Waals surface area contributed by atoms with Crippen molar-refractivity contribution in [3.63, 3.8) is 0 Å². The van der Waals surface area contributed by atoms with Crippen LogP contribution in [0.2, 0.25) is 0 Å². The zero-order valence-corrected chi connectivity index (χ0v) is 15.6. The molecule has 0 saturated carbocycles. The molecule has 0 radical (unpaired) electrons. The van der Waals surface area contributed by atoms with E-state index in [-0.39, 0.29) is 0 Å². The molecule has 3 N–H and O–H groups in total. The molecule has 0 bridgehead atoms. The number of rotatable bonds is 6. The van der Waals surface area contributed by atoms with Crippen LogP contribution in [0.15, 0.2) is 60.1 Å². The molecule has 1 aromatic heterocycles. The first kappa shape index (κ1) is 18.4. The number of nitrogens with one attached hydrogen (secondary N) is 1. The van der Waals surface area contributed by atoms with Gasteiger partial charge in [-0.2, -0.15) is 5.26 Å². The lowest BCUT2D eigenvalue weighted by Gasteiger charge is -2.02. The van der Waals surface area contributed by atoms with Crippen LogP contribution in [0.1, 0.15) is 27.9 Å². The van der Waals surface area contributed by atoms with Crippen molar-refractivity contribution in [1.29, 1.82) is 5.26 Å². The van der Waals surface area contributed by atoms with E-state index in [1.807, 2.05) is 17.5 Å². The number of nitrogens with two attached hydrogens (primary N) is 1. The average molecular weight is 374 g/mol. The molecule has 0 aliphatic rings. The third-order valence-electron chi connectivity index (χ3n) is 4.07. The van der Waals surface area contributed by atoms with Crippen LogP contribution in [-0.2, 0) is 6.42 Å². The minimum Gasteiger partial charge on any atom is -0.366 e. The van der Waals surface area contributed by atoms with Crippen molar-refractivity contribution >= 4 is 28.5 Å². The number of carbonyl (C=O) groups excluding carboxylic acids is 1. The summed E-state index contributed by atoms with van der Waals surface area (Å²) in [4.78, 5) is 15.7. The highest BCUT2D eigenvalue weighted by Gasteiger charge is 2.09. The quantitative estimate of drug-likeness (QED) is 0.624. The summed E-state index contributed by atoms with van der Waals surface area (Å²) in [6.45, 7) is 2.12. The number of benzene rings is 2. The molecule has 0 saturated heterocycles. The van der Waals surface area contributed by atoms with Crippen molar-refractivity contribution in [3.05, 3.63) is 76.2 Å². The van der Waals surface area contributed by atoms with Crippen LogP contribution in [0.4, 0.5) is 5.69 Å². The van der Waals surface area contributed by atoms with E-state index in [1.54, 1.807) is 30.5 Å². The first-order chi connectivity index (χ1) is 13.1. The molecule has 3 rings (SSSR count). The Morgan fingerprint density at radius 2 is 1.93 bits per heavy atom. The van der Waals surface area contributed by atoms with E-state index in [0.29, 0.717) is 16.1 Å². The number of hydrogen-bond donors (Lipinski definition) is 2. The van der Waals surface area contributed by atoms with Crippen LogP contribution in [0, 0.1) is 11.3 Å². The lowest BCUT2D eigenvalue weighted by atomic mass is 10.1. The van der Waals surface area contributed by atoms with Crippen molar-refractivity contribution in [2.45, 2.75) is 13.3 Å². The normalized spacial score (nSPS) is 11.0. The second-order valence-electron chi connectivity index (χ2n) is 5.84. The van der Waals surface area contributed by atoms with Crippen LogP contribution in [0.5, 0.6) is 0 Å². The molecule has 134 valence electrons. The first-order valence-corrected chi connectivity index (χ1v) is 9.30. The Balaban J connectivity index is 1.77. The van der Waals surface area contributed by atoms with Crippen LogP contribution >= 0.6 is 11.3 Å². The Bertz CT molecular complexity index is 1010. The largest absolute Gasteiger partial charge is 0.366 e. The SMILES string of the molecule is CCc1ccc(-c2csc(C(C#N)=CNc3ccc(C(N)=O)cc3)n2)cc1. The number of primary amides is 1. The van der Waals surface area contributed by atoms with Gasteiger partial charge in [0.15, 0.2) is 0 Å². The number of nitriles is 1. The standard InChI is InChI=1S/C21H18N4OS/c1-2-14-3-5-15(6-4-14)19-13-27-21(25-19)17(11-22)12-24-18-9-7-16(8-10-18)20(23)26/h3-10,12-13,24H,2H2,1H3,(H2,23,26). The number of amides is 1. The van der Waals surface area contributed by atoms with Gasteiger partial charge in [0.1, 0.15) is 16.6 Å². The Hall–Kier alpha value is -3.43. The number of hydrogen-bond acceptors (Lipinski definition) is 5. The van der Waals surface area contributed by atoms with Gasteiger partial charge in [-0.05, 0) is 36.2 Å². The van der Waals surface area contributed by atoms with E-state index in [1.165, 1.54) is 16.9 Å². The van der Waals surface area contributed by atoms with Gasteiger partial charge in [0, 0.05) is 28.4 Å². The third kappa shape index (κ3) is 4.40. The van der Waals surface area contributed by atoms with Gasteiger partial charge in [0.05, 0.1) is 5.69 Å². The van der Waals surface area contributed by atoms with Crippen LogP contribution in [-0.4, -0.2) is 10.9 Å². The number of aromatic nitrogens is 1. The minimum atomic E-state index is -0.475. The topological polar surface area (TPSA) is 91.8 Å². The molecule has 0 unspecified atom stereocenters. The van der Waals surface area contributed by atoms with E-state index in [9.17, 15) is 10.1 Å². The predicted octanol–water partition coefficient (Wildman–Crippen LogP) is 4.45. The van der Waals surface area contributed by atoms with Gasteiger partial charge in [-0.15, -0.1) is 11.3 Å². The van der Waals surface area contributed by atoms with E-state index < -0.39 is 5.91 Å². The lowest BCUT2D eigenvalue weighted by Crippen LogP contribution is -2.10. The van der Waals surface area contributed by atoms with Crippen molar-refractivity contribution in [3.8, 4) is 17.3 Å². The van der Waals surface area contributed by atoms with Gasteiger partial charge in [-0.1, -0.05) is 31.2 Å². The molecule has 6 heteroatoms. The molecule has 0 fully saturated rings. The zero-order chi connectivity index (χ0) is 19.2. The summed E-state index contributed by atoms with van der Waals surface area (Å²) in [5, 5.41) is 15.1. The second-order valence-corrected chi connectivity index (χ2v) is 6.70. The molecule has 27 heavy (non-hydrogen) atoms. The summed E-state index contributed by atoms with van der Waals surface area (Å²) < 4.78 is 0. The summed E-state index contributed by atoms with van der Waals surface area (Å²) >= 11 is 1.43. The van der Waals surface area contributed by atoms with Gasteiger partial charge in [0.2, 0.25) is 5.91 Å². The fourth-order valence-electron chi connectivity index (χ4n) is 2.47. The number of allylic oxidation sites excluding steroid dienone is 1. The number of aryl methyl sites for hydroxylation is 1. The van der Waals surface area contributed by atoms with Crippen molar-refractivity contribution < 1.29 is 4.79 Å². The van der Waals surface area contributed by atoms with E-state index in [2.05, 4.69) is 35.4 Å². The highest BCUT2D eigenvalue weighted by Crippen LogP contribution is 2.26. The average Bonchev–Trinajstić information content (AvgIpc) is 3.19. The molecular weight excluding hydrogens is 356 g/mol. The third-order valence-corrected chi connectivity index (χ3v) is 4.94. The number of thiazole rings is 1. The highest BCUT2D eigenvalue weighted by molar-refractivity contribution is 7.11. The van der Waals surface area contributed by atoms with Crippen molar-refractivity contribution in [1.82, 2.24) is 4.98 Å². The molecule has 2 aromatic carbocycles. The molecule has 0 spiro atoms. The Labute approximate surface area is 161 Å². The molecule has 3 aromatic rings. The summed E-state index contributed by atoms with van der Waals surface area (Å²) in [6, 6.07) is 17.2. The predicted molar refractivity (Wildman–Crippen MR) is 109 cm³/mol. The molecule has 0 atom stereocenters. The fraction of sp³-hybridized carbons (Fsp3) is 0.0952. The summed E-state index contributed by atoms with van der Waals surface area (Å²) in [6.07, 6.45) is 2.61. The lowest BCUT2D eigenvalue weighted by molar-refractivity contribution is 0.100. The maximum absolute atomic E-state index is 11.1. The zero-order valence-electron chi connectivity index (χ0n) is 14.8. The Morgan fingerprint density at radius 1 is 1.22 bits per heavy atom. The van der Waals surface area contributed by atoms with Crippen LogP contribution < -0.4 is 11.1 Å². The number of nitrogens with zero attached hydrogens (tertiary/aromatic N) is 2. The van der Waals surface area contributed by atoms with Crippen molar-refractivity contribution in [2.24, 2.45) is 5.73 Å². The van der Waals surface area contributed by atoms with Crippen LogP contribution in [0.3, 0.4) is 0 Å². The first-order valence-electron chi connectivity index (χ1n) is 8.42. The summed E-state index contributed by atoms with van der Waals surface area (Å²) in [7, 11) is 0. The Kier molecular flexibility index (Phi) is 5.64. The maximum Gasteiger partial charge on any atom is 0.248 e. The fourth-order valence-corrected chi connectivity index (χ4v) is 3.26. The molecule has 0 aliphatic heterocycles. The van der Waals surface area contributed by atoms with E-state index >= 15 is 0 Å². The van der Waals surface area contributed by atoms with E-state index in [4.69, 9.17) is 5.73 Å². The summed E-state index contributed by atoms with van der Waals surface area (Å²) in [5.74, 6) is -0.475. The van der Waals surface area contributed by atoms with Crippen LogP contribution in [0.25, 0.3) is 16.8 Å². The molecule has 1 amide bonds. The minimum absolute atomic E-state index is 0.434. The van der Waals surface area contributed by atoms with Crippen molar-refractivity contribution in [2.75, 3.05) is 5.32 Å². The van der Waals surface area contributed by atoms with Gasteiger partial charge in [-0.3, -0.25) is 4.79 Å². The monoisotopic (exact) mass is 374 g/mol. The smallest absolute Gasteiger partial charge is 0.248 e. The van der Waals surface area contributed by atoms with Gasteiger partial charge < -0.3 is 11.1 Å². The number of anilines is 1. The molecule has 1 heterocycles. The highest BCUT2D eigenvalue weighted by atomic mass is 32.1.